The molecule has 0 heterocycles. The summed E-state index contributed by atoms with van der Waals surface area (Å²) < 4.78 is 4.94. The van der Waals surface area contributed by atoms with E-state index in [1.807, 2.05) is 0 Å². The normalized spacial score (nSPS) is 15.1. The van der Waals surface area contributed by atoms with Crippen LogP contribution in [0.5, 0.6) is 0 Å². The number of nitrogens with two attached hydrogens (primary N) is 1. The highest BCUT2D eigenvalue weighted by molar-refractivity contribution is 6.31. The molecule has 1 aliphatic carbocycles. The maximum absolute atomic E-state index is 11.8. The first kappa shape index (κ1) is 14.7. The van der Waals surface area contributed by atoms with Gasteiger partial charge in [0, 0.05) is 16.8 Å². The largest absolute Gasteiger partial charge is 0.452 e. The summed E-state index contributed by atoms with van der Waals surface area (Å²) >= 11 is 5.80. The van der Waals surface area contributed by atoms with Crippen LogP contribution in [-0.4, -0.2) is 24.5 Å². The van der Waals surface area contributed by atoms with E-state index >= 15 is 0 Å². The van der Waals surface area contributed by atoms with Crippen molar-refractivity contribution in [2.24, 2.45) is 0 Å². The molecule has 108 valence electrons. The van der Waals surface area contributed by atoms with Crippen LogP contribution in [0.15, 0.2) is 18.2 Å². The van der Waals surface area contributed by atoms with Gasteiger partial charge in [-0.05, 0) is 31.0 Å². The lowest BCUT2D eigenvalue weighted by Crippen LogP contribution is -2.35. The van der Waals surface area contributed by atoms with Crippen LogP contribution in [0.1, 0.15) is 36.0 Å². The Labute approximate surface area is 122 Å². The van der Waals surface area contributed by atoms with Gasteiger partial charge in [-0.15, -0.1) is 0 Å². The number of nitrogens with one attached hydrogen (secondary N) is 1. The van der Waals surface area contributed by atoms with E-state index < -0.39 is 5.97 Å². The Morgan fingerprint density at radius 2 is 2.00 bits per heavy atom. The molecule has 0 spiro atoms. The highest BCUT2D eigenvalue weighted by Gasteiger charge is 2.18. The number of anilines is 1. The van der Waals surface area contributed by atoms with Crippen molar-refractivity contribution in [2.75, 3.05) is 12.3 Å². The van der Waals surface area contributed by atoms with E-state index in [0.717, 1.165) is 25.7 Å². The first-order valence-electron chi connectivity index (χ1n) is 6.57. The zero-order valence-electron chi connectivity index (χ0n) is 11.0. The molecule has 0 unspecified atom stereocenters. The maximum atomic E-state index is 11.8. The molecule has 1 fully saturated rings. The van der Waals surface area contributed by atoms with Crippen molar-refractivity contribution in [2.45, 2.75) is 31.7 Å². The van der Waals surface area contributed by atoms with Crippen LogP contribution in [0.2, 0.25) is 5.02 Å². The molecule has 1 aliphatic rings. The number of hydrogen-bond donors (Lipinski definition) is 2. The molecule has 1 aromatic rings. The van der Waals surface area contributed by atoms with Crippen LogP contribution in [0.25, 0.3) is 0 Å². The van der Waals surface area contributed by atoms with E-state index in [1.54, 1.807) is 0 Å². The minimum absolute atomic E-state index is 0.211. The van der Waals surface area contributed by atoms with Crippen molar-refractivity contribution in [3.63, 3.8) is 0 Å². The van der Waals surface area contributed by atoms with Crippen LogP contribution < -0.4 is 11.1 Å². The van der Waals surface area contributed by atoms with E-state index in [4.69, 9.17) is 22.1 Å². The summed E-state index contributed by atoms with van der Waals surface area (Å²) in [6, 6.07) is 4.66. The van der Waals surface area contributed by atoms with Crippen molar-refractivity contribution < 1.29 is 14.3 Å². The highest BCUT2D eigenvalue weighted by Crippen LogP contribution is 2.18. The van der Waals surface area contributed by atoms with Crippen LogP contribution in [0, 0.1) is 0 Å². The summed E-state index contributed by atoms with van der Waals surface area (Å²) in [5.41, 5.74) is 6.20. The Balaban J connectivity index is 1.83. The van der Waals surface area contributed by atoms with Gasteiger partial charge < -0.3 is 15.8 Å². The number of carbonyl (C=O) groups excluding carboxylic acids is 2. The lowest BCUT2D eigenvalue weighted by Gasteiger charge is -2.12. The number of rotatable bonds is 4. The van der Waals surface area contributed by atoms with E-state index in [1.165, 1.54) is 18.2 Å². The fourth-order valence-electron chi connectivity index (χ4n) is 2.28. The Hall–Kier alpha value is -1.75. The lowest BCUT2D eigenvalue weighted by molar-refractivity contribution is -0.124. The molecule has 0 aromatic heterocycles. The van der Waals surface area contributed by atoms with Gasteiger partial charge in [-0.1, -0.05) is 24.4 Å². The minimum Gasteiger partial charge on any atom is -0.452 e. The number of benzene rings is 1. The van der Waals surface area contributed by atoms with Crippen molar-refractivity contribution >= 4 is 29.2 Å². The van der Waals surface area contributed by atoms with E-state index in [-0.39, 0.29) is 24.1 Å². The molecule has 1 aromatic carbocycles. The van der Waals surface area contributed by atoms with Gasteiger partial charge in [-0.3, -0.25) is 4.79 Å². The third-order valence-corrected chi connectivity index (χ3v) is 3.43. The predicted molar refractivity (Wildman–Crippen MR) is 76.5 cm³/mol. The predicted octanol–water partition coefficient (Wildman–Crippen LogP) is 2.14. The van der Waals surface area contributed by atoms with Gasteiger partial charge in [-0.2, -0.15) is 0 Å². The average molecular weight is 297 g/mol. The molecule has 1 saturated carbocycles. The molecule has 0 saturated heterocycles. The molecule has 1 amide bonds. The molecule has 6 heteroatoms. The summed E-state index contributed by atoms with van der Waals surface area (Å²) in [5.74, 6) is -0.888. The van der Waals surface area contributed by atoms with Gasteiger partial charge in [0.05, 0.1) is 5.56 Å². The zero-order valence-corrected chi connectivity index (χ0v) is 11.8. The second kappa shape index (κ2) is 6.61. The van der Waals surface area contributed by atoms with E-state index in [0.29, 0.717) is 10.7 Å². The van der Waals surface area contributed by atoms with Crippen LogP contribution in [0.4, 0.5) is 5.69 Å². The van der Waals surface area contributed by atoms with Crippen molar-refractivity contribution in [1.29, 1.82) is 0 Å². The Bertz CT molecular complexity index is 493. The summed E-state index contributed by atoms with van der Waals surface area (Å²) in [6.45, 7) is -0.290. The minimum atomic E-state index is -0.610. The summed E-state index contributed by atoms with van der Waals surface area (Å²) in [5, 5.41) is 3.20. The Morgan fingerprint density at radius 1 is 1.30 bits per heavy atom. The van der Waals surface area contributed by atoms with Gasteiger partial charge in [0.25, 0.3) is 5.91 Å². The standard InChI is InChI=1S/C14H17ClN2O3/c15-10-5-9(6-11(16)7-10)14(19)20-8-13(18)17-12-3-1-2-4-12/h5-7,12H,1-4,8,16H2,(H,17,18). The number of ether oxygens (including phenoxy) is 1. The number of carbonyl (C=O) groups is 2. The smallest absolute Gasteiger partial charge is 0.338 e. The van der Waals surface area contributed by atoms with Crippen LogP contribution in [0.3, 0.4) is 0 Å². The molecule has 0 aliphatic heterocycles. The highest BCUT2D eigenvalue weighted by atomic mass is 35.5. The van der Waals surface area contributed by atoms with Gasteiger partial charge >= 0.3 is 5.97 Å². The third-order valence-electron chi connectivity index (χ3n) is 3.21. The maximum Gasteiger partial charge on any atom is 0.338 e. The van der Waals surface area contributed by atoms with Crippen molar-refractivity contribution in [1.82, 2.24) is 5.32 Å². The van der Waals surface area contributed by atoms with Crippen LogP contribution in [-0.2, 0) is 9.53 Å². The fourth-order valence-corrected chi connectivity index (χ4v) is 2.53. The summed E-state index contributed by atoms with van der Waals surface area (Å²) in [4.78, 5) is 23.4. The van der Waals surface area contributed by atoms with Gasteiger partial charge in [-0.25, -0.2) is 4.79 Å². The molecular weight excluding hydrogens is 280 g/mol. The summed E-state index contributed by atoms with van der Waals surface area (Å²) in [7, 11) is 0. The molecule has 0 bridgehead atoms. The summed E-state index contributed by atoms with van der Waals surface area (Å²) in [6.07, 6.45) is 4.24. The number of esters is 1. The van der Waals surface area contributed by atoms with Crippen LogP contribution >= 0.6 is 11.6 Å². The number of amides is 1. The molecule has 20 heavy (non-hydrogen) atoms. The Kier molecular flexibility index (Phi) is 4.84. The zero-order chi connectivity index (χ0) is 14.5. The molecular formula is C14H17ClN2O3. The van der Waals surface area contributed by atoms with Crippen molar-refractivity contribution in [3.8, 4) is 0 Å². The molecule has 5 nitrogen and oxygen atoms in total. The third kappa shape index (κ3) is 4.13. The topological polar surface area (TPSA) is 81.4 Å². The second-order valence-electron chi connectivity index (χ2n) is 4.90. The first-order valence-corrected chi connectivity index (χ1v) is 6.95. The number of hydrogen-bond acceptors (Lipinski definition) is 4. The van der Waals surface area contributed by atoms with Gasteiger partial charge in [0.2, 0.25) is 0 Å². The average Bonchev–Trinajstić information content (AvgIpc) is 2.87. The Morgan fingerprint density at radius 3 is 2.65 bits per heavy atom. The molecule has 2 rings (SSSR count). The number of halogens is 1. The lowest BCUT2D eigenvalue weighted by atomic mass is 10.2. The monoisotopic (exact) mass is 296 g/mol. The fraction of sp³-hybridized carbons (Fsp3) is 0.429. The quantitative estimate of drug-likeness (QED) is 0.659. The molecule has 0 atom stereocenters. The first-order chi connectivity index (χ1) is 9.54. The van der Waals surface area contributed by atoms with E-state index in [9.17, 15) is 9.59 Å². The molecule has 3 N–H and O–H groups in total. The second-order valence-corrected chi connectivity index (χ2v) is 5.33. The number of nitrogen functional groups attached to an aromatic ring is 1. The molecule has 0 radical (unpaired) electrons. The van der Waals surface area contributed by atoms with Gasteiger partial charge in [0.1, 0.15) is 0 Å². The van der Waals surface area contributed by atoms with E-state index in [2.05, 4.69) is 5.32 Å². The van der Waals surface area contributed by atoms with Gasteiger partial charge in [0.15, 0.2) is 6.61 Å². The SMILES string of the molecule is Nc1cc(Cl)cc(C(=O)OCC(=O)NC2CCCC2)c1. The van der Waals surface area contributed by atoms with Crippen molar-refractivity contribution in [3.05, 3.63) is 28.8 Å².